The van der Waals surface area contributed by atoms with Gasteiger partial charge in [0.15, 0.2) is 5.60 Å². The number of aromatic nitrogens is 2. The van der Waals surface area contributed by atoms with Crippen molar-refractivity contribution in [3.8, 4) is 11.4 Å². The van der Waals surface area contributed by atoms with Crippen LogP contribution < -0.4 is 11.3 Å². The summed E-state index contributed by atoms with van der Waals surface area (Å²) in [4.78, 5) is 30.5. The second-order valence-electron chi connectivity index (χ2n) is 8.88. The molecule has 5 rings (SSSR count). The van der Waals surface area contributed by atoms with Crippen molar-refractivity contribution in [3.05, 3.63) is 62.2 Å². The van der Waals surface area contributed by atoms with E-state index < -0.39 is 11.6 Å². The van der Waals surface area contributed by atoms with Crippen molar-refractivity contribution in [1.82, 2.24) is 9.55 Å². The van der Waals surface area contributed by atoms with Crippen LogP contribution in [0.5, 0.6) is 0 Å². The summed E-state index contributed by atoms with van der Waals surface area (Å²) in [5, 5.41) is 11.9. The van der Waals surface area contributed by atoms with Crippen molar-refractivity contribution >= 4 is 16.9 Å². The molecule has 7 nitrogen and oxygen atoms in total. The van der Waals surface area contributed by atoms with Crippen LogP contribution in [0.15, 0.2) is 23.0 Å². The Morgan fingerprint density at radius 3 is 2.76 bits per heavy atom. The highest BCUT2D eigenvalue weighted by Crippen LogP contribution is 2.40. The van der Waals surface area contributed by atoms with Gasteiger partial charge in [0.25, 0.3) is 5.56 Å². The number of nitrogens with zero attached hydrogens (tertiary/aromatic N) is 2. The predicted molar refractivity (Wildman–Crippen MR) is 121 cm³/mol. The number of pyridine rings is 2. The molecule has 2 aliphatic rings. The number of esters is 1. The first kappa shape index (κ1) is 21.7. The zero-order valence-electron chi connectivity index (χ0n) is 18.7. The summed E-state index contributed by atoms with van der Waals surface area (Å²) >= 11 is 0. The molecule has 0 saturated heterocycles. The third-order valence-electron chi connectivity index (χ3n) is 6.97. The van der Waals surface area contributed by atoms with Crippen LogP contribution in [-0.2, 0) is 34.7 Å². The van der Waals surface area contributed by atoms with Crippen molar-refractivity contribution in [1.29, 1.82) is 0 Å². The molecule has 0 amide bonds. The Bertz CT molecular complexity index is 1380. The van der Waals surface area contributed by atoms with E-state index in [1.165, 1.54) is 6.07 Å². The lowest BCUT2D eigenvalue weighted by molar-refractivity contribution is -0.172. The maximum atomic E-state index is 14.4. The van der Waals surface area contributed by atoms with Gasteiger partial charge in [-0.3, -0.25) is 4.79 Å². The molecule has 1 atom stereocenters. The number of cyclic esters (lactones) is 1. The van der Waals surface area contributed by atoms with E-state index in [1.54, 1.807) is 24.5 Å². The predicted octanol–water partition coefficient (Wildman–Crippen LogP) is 2.81. The minimum absolute atomic E-state index is 0.0779. The number of carbonyl (C=O) groups excluding carboxylic acids is 1. The highest BCUT2D eigenvalue weighted by Gasteiger charge is 2.45. The first-order valence-electron chi connectivity index (χ1n) is 11.3. The number of halogens is 1. The van der Waals surface area contributed by atoms with Gasteiger partial charge in [0, 0.05) is 22.6 Å². The second kappa shape index (κ2) is 7.74. The molecule has 2 aliphatic heterocycles. The number of ether oxygens (including phenoxy) is 1. The molecule has 0 bridgehead atoms. The number of aliphatic hydroxyl groups is 1. The standard InChI is InChI=1S/C25H26FN3O4/c1-3-25(32)18-9-21-22-16(11-29(21)23(30)17(18)12-33-24(25)31)14(6-4-5-7-27)15-8-13(2)19(26)10-20(15)28-22/h8-10,32H,3-7,11-12,27H2,1-2H3/t25-/m0/s1. The summed E-state index contributed by atoms with van der Waals surface area (Å²) in [7, 11) is 0. The number of hydrogen-bond donors (Lipinski definition) is 2. The van der Waals surface area contributed by atoms with Gasteiger partial charge in [-0.15, -0.1) is 0 Å². The highest BCUT2D eigenvalue weighted by atomic mass is 19.1. The van der Waals surface area contributed by atoms with Gasteiger partial charge in [-0.25, -0.2) is 14.2 Å². The smallest absolute Gasteiger partial charge is 0.343 e. The molecule has 0 spiro atoms. The summed E-state index contributed by atoms with van der Waals surface area (Å²) in [6.45, 7) is 4.12. The minimum Gasteiger partial charge on any atom is -0.458 e. The largest absolute Gasteiger partial charge is 0.458 e. The maximum absolute atomic E-state index is 14.4. The van der Waals surface area contributed by atoms with Crippen LogP contribution >= 0.6 is 0 Å². The topological polar surface area (TPSA) is 107 Å². The molecule has 0 saturated carbocycles. The van der Waals surface area contributed by atoms with E-state index in [0.717, 1.165) is 35.8 Å². The lowest BCUT2D eigenvalue weighted by atomic mass is 9.86. The lowest BCUT2D eigenvalue weighted by Crippen LogP contribution is -2.44. The van der Waals surface area contributed by atoms with Crippen LogP contribution in [0.4, 0.5) is 4.39 Å². The Balaban J connectivity index is 1.78. The Morgan fingerprint density at radius 2 is 2.03 bits per heavy atom. The molecule has 33 heavy (non-hydrogen) atoms. The van der Waals surface area contributed by atoms with Gasteiger partial charge < -0.3 is 20.1 Å². The van der Waals surface area contributed by atoms with Gasteiger partial charge >= 0.3 is 5.97 Å². The fraction of sp³-hybridized carbons (Fsp3) is 0.400. The molecule has 0 radical (unpaired) electrons. The Kier molecular flexibility index (Phi) is 5.10. The SMILES string of the molecule is CC[C@@]1(O)C(=O)OCc2c1cc1n(c2=O)Cc2c-1nc1cc(F)c(C)cc1c2CCCCN. The number of unbranched alkanes of at least 4 members (excludes halogenated alkanes) is 1. The third kappa shape index (κ3) is 3.12. The summed E-state index contributed by atoms with van der Waals surface area (Å²) < 4.78 is 21.2. The van der Waals surface area contributed by atoms with Crippen LogP contribution in [0, 0.1) is 12.7 Å². The van der Waals surface area contributed by atoms with Gasteiger partial charge in [-0.05, 0) is 62.4 Å². The number of benzene rings is 1. The van der Waals surface area contributed by atoms with Gasteiger partial charge in [0.1, 0.15) is 12.4 Å². The van der Waals surface area contributed by atoms with Gasteiger partial charge in [-0.2, -0.15) is 0 Å². The number of aryl methyl sites for hydroxylation is 2. The van der Waals surface area contributed by atoms with E-state index in [-0.39, 0.29) is 35.5 Å². The van der Waals surface area contributed by atoms with E-state index >= 15 is 0 Å². The zero-order chi connectivity index (χ0) is 23.5. The minimum atomic E-state index is -1.88. The average molecular weight is 451 g/mol. The van der Waals surface area contributed by atoms with Gasteiger partial charge in [0.05, 0.1) is 29.0 Å². The Labute approximate surface area is 190 Å². The number of fused-ring (bicyclic) bond motifs is 5. The van der Waals surface area contributed by atoms with Crippen molar-refractivity contribution in [2.45, 2.75) is 58.3 Å². The summed E-state index contributed by atoms with van der Waals surface area (Å²) in [5.74, 6) is -1.10. The van der Waals surface area contributed by atoms with Crippen molar-refractivity contribution in [2.75, 3.05) is 6.54 Å². The molecule has 0 aliphatic carbocycles. The molecule has 172 valence electrons. The highest BCUT2D eigenvalue weighted by molar-refractivity contribution is 5.89. The fourth-order valence-corrected chi connectivity index (χ4v) is 5.02. The van der Waals surface area contributed by atoms with E-state index in [0.29, 0.717) is 35.6 Å². The average Bonchev–Trinajstić information content (AvgIpc) is 3.16. The molecule has 0 unspecified atom stereocenters. The molecule has 8 heteroatoms. The monoisotopic (exact) mass is 451 g/mol. The summed E-state index contributed by atoms with van der Waals surface area (Å²) in [5.41, 5.74) is 8.19. The molecular weight excluding hydrogens is 425 g/mol. The molecular formula is C25H26FN3O4. The number of nitrogens with two attached hydrogens (primary N) is 1. The van der Waals surface area contributed by atoms with Gasteiger partial charge in [0.2, 0.25) is 0 Å². The molecule has 2 aromatic heterocycles. The molecule has 3 aromatic rings. The van der Waals surface area contributed by atoms with Gasteiger partial charge in [-0.1, -0.05) is 6.92 Å². The fourth-order valence-electron chi connectivity index (χ4n) is 5.02. The lowest BCUT2D eigenvalue weighted by Gasteiger charge is -2.31. The quantitative estimate of drug-likeness (QED) is 0.357. The van der Waals surface area contributed by atoms with Crippen molar-refractivity contribution in [3.63, 3.8) is 0 Å². The molecule has 4 heterocycles. The first-order chi connectivity index (χ1) is 15.8. The number of carbonyl (C=O) groups is 1. The van der Waals surface area contributed by atoms with E-state index in [4.69, 9.17) is 15.5 Å². The summed E-state index contributed by atoms with van der Waals surface area (Å²) in [6.07, 6.45) is 2.52. The first-order valence-corrected chi connectivity index (χ1v) is 11.3. The van der Waals surface area contributed by atoms with E-state index in [1.807, 2.05) is 6.07 Å². The molecule has 0 fully saturated rings. The van der Waals surface area contributed by atoms with Crippen LogP contribution in [0.25, 0.3) is 22.3 Å². The van der Waals surface area contributed by atoms with Crippen LogP contribution in [-0.4, -0.2) is 27.2 Å². The van der Waals surface area contributed by atoms with Crippen molar-refractivity contribution in [2.24, 2.45) is 5.73 Å². The number of rotatable bonds is 5. The van der Waals surface area contributed by atoms with Crippen LogP contribution in [0.3, 0.4) is 0 Å². The van der Waals surface area contributed by atoms with Crippen molar-refractivity contribution < 1.29 is 19.0 Å². The number of hydrogen-bond acceptors (Lipinski definition) is 6. The maximum Gasteiger partial charge on any atom is 0.343 e. The van der Waals surface area contributed by atoms with E-state index in [9.17, 15) is 19.1 Å². The second-order valence-corrected chi connectivity index (χ2v) is 8.88. The van der Waals surface area contributed by atoms with Crippen LogP contribution in [0.1, 0.15) is 54.0 Å². The molecule has 1 aromatic carbocycles. The molecule has 3 N–H and O–H groups in total. The third-order valence-corrected chi connectivity index (χ3v) is 6.97. The Hall–Kier alpha value is -3.10. The van der Waals surface area contributed by atoms with E-state index in [2.05, 4.69) is 0 Å². The normalized spacial score (nSPS) is 18.8. The summed E-state index contributed by atoms with van der Waals surface area (Å²) in [6, 6.07) is 4.92. The zero-order valence-corrected chi connectivity index (χ0v) is 18.7. The van der Waals surface area contributed by atoms with Crippen LogP contribution in [0.2, 0.25) is 0 Å². The Morgan fingerprint density at radius 1 is 1.24 bits per heavy atom.